The number of halogens is 1. The molecule has 0 saturated heterocycles. The van der Waals surface area contributed by atoms with Crippen LogP contribution in [0.5, 0.6) is 0 Å². The Balaban J connectivity index is 2.69. The van der Waals surface area contributed by atoms with E-state index in [4.69, 9.17) is 0 Å². The van der Waals surface area contributed by atoms with Crippen LogP contribution in [0, 0.1) is 0 Å². The van der Waals surface area contributed by atoms with Gasteiger partial charge in [0.1, 0.15) is 0 Å². The molecular formula is C8H8BrNO2. The molecule has 3 nitrogen and oxygen atoms in total. The molecule has 0 fully saturated rings. The Morgan fingerprint density at radius 1 is 1.58 bits per heavy atom. The Bertz CT molecular complexity index is 288. The predicted molar refractivity (Wildman–Crippen MR) is 50.2 cm³/mol. The van der Waals surface area contributed by atoms with Crippen molar-refractivity contribution in [3.63, 3.8) is 0 Å². The number of rotatable bonds is 1. The summed E-state index contributed by atoms with van der Waals surface area (Å²) in [5, 5.41) is 2.54. The highest BCUT2D eigenvalue weighted by atomic mass is 79.9. The minimum Gasteiger partial charge on any atom is -0.453 e. The lowest BCUT2D eigenvalue weighted by Gasteiger charge is -2.02. The summed E-state index contributed by atoms with van der Waals surface area (Å²) in [6, 6.07) is 7.27. The second-order valence-corrected chi connectivity index (χ2v) is 3.04. The molecular weight excluding hydrogens is 222 g/mol. The van der Waals surface area contributed by atoms with E-state index in [0.717, 1.165) is 4.47 Å². The normalized spacial score (nSPS) is 9.17. The first-order valence-corrected chi connectivity index (χ1v) is 4.12. The summed E-state index contributed by atoms with van der Waals surface area (Å²) in [4.78, 5) is 10.7. The highest BCUT2D eigenvalue weighted by Gasteiger charge is 1.99. The zero-order chi connectivity index (χ0) is 8.97. The summed E-state index contributed by atoms with van der Waals surface area (Å²) in [5.41, 5.74) is 0.705. The lowest BCUT2D eigenvalue weighted by Crippen LogP contribution is -2.10. The van der Waals surface area contributed by atoms with E-state index < -0.39 is 6.09 Å². The van der Waals surface area contributed by atoms with Gasteiger partial charge in [-0.15, -0.1) is 0 Å². The van der Waals surface area contributed by atoms with Gasteiger partial charge in [0.2, 0.25) is 0 Å². The molecule has 0 radical (unpaired) electrons. The van der Waals surface area contributed by atoms with E-state index in [1.807, 2.05) is 12.1 Å². The fourth-order valence-electron chi connectivity index (χ4n) is 0.735. The maximum absolute atomic E-state index is 10.7. The van der Waals surface area contributed by atoms with E-state index in [1.54, 1.807) is 12.1 Å². The number of carbonyl (C=O) groups excluding carboxylic acids is 1. The van der Waals surface area contributed by atoms with E-state index in [2.05, 4.69) is 26.0 Å². The van der Waals surface area contributed by atoms with Gasteiger partial charge in [0, 0.05) is 10.2 Å². The molecule has 0 saturated carbocycles. The molecule has 0 heterocycles. The Morgan fingerprint density at radius 3 is 2.92 bits per heavy atom. The predicted octanol–water partition coefficient (Wildman–Crippen LogP) is 2.63. The van der Waals surface area contributed by atoms with Gasteiger partial charge in [-0.2, -0.15) is 0 Å². The van der Waals surface area contributed by atoms with Crippen LogP contribution in [0.1, 0.15) is 0 Å². The third-order valence-electron chi connectivity index (χ3n) is 1.26. The first-order valence-electron chi connectivity index (χ1n) is 3.33. The molecule has 1 aromatic carbocycles. The van der Waals surface area contributed by atoms with Crippen LogP contribution >= 0.6 is 15.9 Å². The first-order chi connectivity index (χ1) is 5.72. The average molecular weight is 230 g/mol. The molecule has 0 bridgehead atoms. The highest BCUT2D eigenvalue weighted by molar-refractivity contribution is 9.10. The number of ether oxygens (including phenoxy) is 1. The number of hydrogen-bond acceptors (Lipinski definition) is 2. The van der Waals surface area contributed by atoms with Crippen molar-refractivity contribution in [2.24, 2.45) is 0 Å². The molecule has 0 aliphatic rings. The van der Waals surface area contributed by atoms with Crippen LogP contribution in [-0.2, 0) is 4.74 Å². The fourth-order valence-corrected chi connectivity index (χ4v) is 1.13. The monoisotopic (exact) mass is 229 g/mol. The Hall–Kier alpha value is -1.03. The van der Waals surface area contributed by atoms with Gasteiger partial charge in [-0.25, -0.2) is 4.79 Å². The van der Waals surface area contributed by atoms with E-state index in [9.17, 15) is 4.79 Å². The average Bonchev–Trinajstić information content (AvgIpc) is 2.04. The molecule has 0 unspecified atom stereocenters. The molecule has 1 amide bonds. The molecule has 0 spiro atoms. The lowest BCUT2D eigenvalue weighted by molar-refractivity contribution is 0.187. The van der Waals surface area contributed by atoms with Crippen molar-refractivity contribution in [3.05, 3.63) is 28.7 Å². The number of anilines is 1. The van der Waals surface area contributed by atoms with Crippen molar-refractivity contribution >= 4 is 27.7 Å². The third-order valence-corrected chi connectivity index (χ3v) is 1.75. The van der Waals surface area contributed by atoms with Crippen molar-refractivity contribution in [1.82, 2.24) is 0 Å². The fraction of sp³-hybridized carbons (Fsp3) is 0.125. The quantitative estimate of drug-likeness (QED) is 0.805. The highest BCUT2D eigenvalue weighted by Crippen LogP contribution is 2.15. The van der Waals surface area contributed by atoms with Crippen molar-refractivity contribution < 1.29 is 9.53 Å². The second-order valence-electron chi connectivity index (χ2n) is 2.13. The summed E-state index contributed by atoms with van der Waals surface area (Å²) >= 11 is 3.28. The van der Waals surface area contributed by atoms with E-state index in [0.29, 0.717) is 5.69 Å². The van der Waals surface area contributed by atoms with E-state index in [-0.39, 0.29) is 0 Å². The Morgan fingerprint density at radius 2 is 2.33 bits per heavy atom. The van der Waals surface area contributed by atoms with Crippen LogP contribution < -0.4 is 5.32 Å². The molecule has 0 atom stereocenters. The molecule has 0 aliphatic carbocycles. The first kappa shape index (κ1) is 9.06. The third kappa shape index (κ3) is 2.54. The second kappa shape index (κ2) is 4.11. The van der Waals surface area contributed by atoms with E-state index >= 15 is 0 Å². The van der Waals surface area contributed by atoms with Crippen LogP contribution in [-0.4, -0.2) is 13.2 Å². The van der Waals surface area contributed by atoms with Gasteiger partial charge in [0.15, 0.2) is 0 Å². The van der Waals surface area contributed by atoms with Gasteiger partial charge in [-0.05, 0) is 18.2 Å². The zero-order valence-corrected chi connectivity index (χ0v) is 8.09. The smallest absolute Gasteiger partial charge is 0.411 e. The van der Waals surface area contributed by atoms with Gasteiger partial charge in [-0.1, -0.05) is 22.0 Å². The maximum atomic E-state index is 10.7. The SMILES string of the molecule is COC(=O)Nc1cccc(Br)c1. The lowest BCUT2D eigenvalue weighted by atomic mass is 10.3. The molecule has 1 aromatic rings. The van der Waals surface area contributed by atoms with Gasteiger partial charge in [-0.3, -0.25) is 5.32 Å². The van der Waals surface area contributed by atoms with Crippen LogP contribution in [0.25, 0.3) is 0 Å². The summed E-state index contributed by atoms with van der Waals surface area (Å²) in [6.07, 6.45) is -0.465. The number of methoxy groups -OCH3 is 1. The molecule has 1 rings (SSSR count). The van der Waals surface area contributed by atoms with Crippen molar-refractivity contribution in [2.45, 2.75) is 0 Å². The van der Waals surface area contributed by atoms with Gasteiger partial charge in [0.25, 0.3) is 0 Å². The molecule has 1 N–H and O–H groups in total. The number of hydrogen-bond donors (Lipinski definition) is 1. The van der Waals surface area contributed by atoms with E-state index in [1.165, 1.54) is 7.11 Å². The van der Waals surface area contributed by atoms with Crippen LogP contribution in [0.15, 0.2) is 28.7 Å². The molecule has 4 heteroatoms. The standard InChI is InChI=1S/C8H8BrNO2/c1-12-8(11)10-7-4-2-3-6(9)5-7/h2-5H,1H3,(H,10,11). The molecule has 64 valence electrons. The maximum Gasteiger partial charge on any atom is 0.411 e. The summed E-state index contributed by atoms with van der Waals surface area (Å²) in [7, 11) is 1.33. The minimum atomic E-state index is -0.465. The molecule has 12 heavy (non-hydrogen) atoms. The zero-order valence-electron chi connectivity index (χ0n) is 6.50. The minimum absolute atomic E-state index is 0.465. The molecule has 0 aliphatic heterocycles. The Labute approximate surface area is 78.9 Å². The summed E-state index contributed by atoms with van der Waals surface area (Å²) < 4.78 is 5.34. The van der Waals surface area contributed by atoms with Crippen LogP contribution in [0.2, 0.25) is 0 Å². The van der Waals surface area contributed by atoms with Crippen molar-refractivity contribution in [3.8, 4) is 0 Å². The summed E-state index contributed by atoms with van der Waals surface area (Å²) in [5.74, 6) is 0. The number of carbonyl (C=O) groups is 1. The number of amides is 1. The van der Waals surface area contributed by atoms with Crippen molar-refractivity contribution in [1.29, 1.82) is 0 Å². The van der Waals surface area contributed by atoms with Gasteiger partial charge in [0.05, 0.1) is 7.11 Å². The van der Waals surface area contributed by atoms with Gasteiger partial charge >= 0.3 is 6.09 Å². The largest absolute Gasteiger partial charge is 0.453 e. The van der Waals surface area contributed by atoms with Crippen molar-refractivity contribution in [2.75, 3.05) is 12.4 Å². The van der Waals surface area contributed by atoms with Gasteiger partial charge < -0.3 is 4.74 Å². The van der Waals surface area contributed by atoms with Crippen LogP contribution in [0.3, 0.4) is 0 Å². The van der Waals surface area contributed by atoms with Crippen LogP contribution in [0.4, 0.5) is 10.5 Å². The molecule has 0 aromatic heterocycles. The number of benzene rings is 1. The number of nitrogens with one attached hydrogen (secondary N) is 1. The topological polar surface area (TPSA) is 38.3 Å². The Kier molecular flexibility index (Phi) is 3.10. The summed E-state index contributed by atoms with van der Waals surface area (Å²) in [6.45, 7) is 0.